The molecule has 0 aromatic carbocycles. The van der Waals surface area contributed by atoms with Gasteiger partial charge in [-0.3, -0.25) is 0 Å². The first-order valence-corrected chi connectivity index (χ1v) is 4.24. The van der Waals surface area contributed by atoms with Crippen LogP contribution in [0.15, 0.2) is 0 Å². The van der Waals surface area contributed by atoms with Gasteiger partial charge in [-0.1, -0.05) is 12.8 Å². The molecule has 0 aliphatic heterocycles. The Balaban J connectivity index is 2.59. The lowest BCUT2D eigenvalue weighted by molar-refractivity contribution is -0.131. The summed E-state index contributed by atoms with van der Waals surface area (Å²) in [5.41, 5.74) is -0.517. The lowest BCUT2D eigenvalue weighted by Crippen LogP contribution is -2.37. The van der Waals surface area contributed by atoms with Crippen LogP contribution in [0, 0.1) is 5.92 Å². The van der Waals surface area contributed by atoms with E-state index in [1.165, 1.54) is 12.8 Å². The van der Waals surface area contributed by atoms with Gasteiger partial charge < -0.3 is 9.53 Å². The molecule has 0 saturated heterocycles. The zero-order valence-corrected chi connectivity index (χ0v) is 7.30. The van der Waals surface area contributed by atoms with Crippen LogP contribution in [-0.2, 0) is 9.53 Å². The smallest absolute Gasteiger partial charge is 0.151 e. The summed E-state index contributed by atoms with van der Waals surface area (Å²) in [6.07, 6.45) is 5.73. The molecule has 1 fully saturated rings. The maximum atomic E-state index is 10.7. The molecule has 1 rings (SSSR count). The Labute approximate surface area is 67.9 Å². The van der Waals surface area contributed by atoms with Crippen LogP contribution in [0.3, 0.4) is 0 Å². The highest BCUT2D eigenvalue weighted by Crippen LogP contribution is 2.34. The molecular weight excluding hydrogens is 140 g/mol. The van der Waals surface area contributed by atoms with Crippen LogP contribution in [0.1, 0.15) is 32.6 Å². The average molecular weight is 156 g/mol. The van der Waals surface area contributed by atoms with Crippen LogP contribution in [0.5, 0.6) is 0 Å². The molecule has 0 heterocycles. The van der Waals surface area contributed by atoms with E-state index >= 15 is 0 Å². The molecule has 1 unspecified atom stereocenters. The van der Waals surface area contributed by atoms with Crippen molar-refractivity contribution in [3.63, 3.8) is 0 Å². The Bertz CT molecular complexity index is 138. The Hall–Kier alpha value is -0.370. The SMILES string of the molecule is COC(C)(C=O)C1CCCC1. The van der Waals surface area contributed by atoms with E-state index in [2.05, 4.69) is 0 Å². The first kappa shape index (κ1) is 8.72. The molecule has 1 aliphatic rings. The van der Waals surface area contributed by atoms with Crippen molar-refractivity contribution < 1.29 is 9.53 Å². The number of hydrogen-bond acceptors (Lipinski definition) is 2. The van der Waals surface area contributed by atoms with Gasteiger partial charge in [-0.15, -0.1) is 0 Å². The van der Waals surface area contributed by atoms with Gasteiger partial charge in [-0.05, 0) is 25.7 Å². The van der Waals surface area contributed by atoms with Gasteiger partial charge in [0, 0.05) is 7.11 Å². The van der Waals surface area contributed by atoms with Gasteiger partial charge in [-0.2, -0.15) is 0 Å². The minimum absolute atomic E-state index is 0.449. The predicted octanol–water partition coefficient (Wildman–Crippen LogP) is 1.78. The van der Waals surface area contributed by atoms with E-state index in [-0.39, 0.29) is 0 Å². The Morgan fingerprint density at radius 3 is 2.36 bits per heavy atom. The van der Waals surface area contributed by atoms with Crippen molar-refractivity contribution in [1.29, 1.82) is 0 Å². The fourth-order valence-corrected chi connectivity index (χ4v) is 1.81. The fraction of sp³-hybridized carbons (Fsp3) is 0.889. The monoisotopic (exact) mass is 156 g/mol. The summed E-state index contributed by atoms with van der Waals surface area (Å²) in [5, 5.41) is 0. The molecule has 1 saturated carbocycles. The highest BCUT2D eigenvalue weighted by atomic mass is 16.5. The second-order valence-corrected chi connectivity index (χ2v) is 3.49. The maximum Gasteiger partial charge on any atom is 0.151 e. The number of carbonyl (C=O) groups excluding carboxylic acids is 1. The van der Waals surface area contributed by atoms with Crippen molar-refractivity contribution in [3.8, 4) is 0 Å². The van der Waals surface area contributed by atoms with Crippen LogP contribution >= 0.6 is 0 Å². The molecule has 1 aliphatic carbocycles. The molecule has 0 bridgehead atoms. The molecular formula is C9H16O2. The van der Waals surface area contributed by atoms with Gasteiger partial charge in [0.1, 0.15) is 5.60 Å². The number of rotatable bonds is 3. The molecule has 0 aromatic rings. The second-order valence-electron chi connectivity index (χ2n) is 3.49. The number of carbonyl (C=O) groups is 1. The molecule has 2 nitrogen and oxygen atoms in total. The van der Waals surface area contributed by atoms with Crippen molar-refractivity contribution in [2.75, 3.05) is 7.11 Å². The number of ether oxygens (including phenoxy) is 1. The molecule has 0 spiro atoms. The minimum Gasteiger partial charge on any atom is -0.371 e. The van der Waals surface area contributed by atoms with Crippen molar-refractivity contribution >= 4 is 6.29 Å². The van der Waals surface area contributed by atoms with Crippen molar-refractivity contribution in [2.45, 2.75) is 38.2 Å². The van der Waals surface area contributed by atoms with Gasteiger partial charge in [0.15, 0.2) is 6.29 Å². The van der Waals surface area contributed by atoms with E-state index in [0.29, 0.717) is 5.92 Å². The van der Waals surface area contributed by atoms with E-state index in [1.54, 1.807) is 7.11 Å². The lowest BCUT2D eigenvalue weighted by atomic mass is 9.89. The molecule has 64 valence electrons. The van der Waals surface area contributed by atoms with Crippen LogP contribution in [0.2, 0.25) is 0 Å². The third kappa shape index (κ3) is 1.62. The van der Waals surface area contributed by atoms with E-state index in [9.17, 15) is 4.79 Å². The van der Waals surface area contributed by atoms with Gasteiger partial charge in [0.2, 0.25) is 0 Å². The predicted molar refractivity (Wildman–Crippen MR) is 43.4 cm³/mol. The Morgan fingerprint density at radius 2 is 2.00 bits per heavy atom. The molecule has 0 aromatic heterocycles. The molecule has 2 heteroatoms. The molecule has 11 heavy (non-hydrogen) atoms. The van der Waals surface area contributed by atoms with Crippen LogP contribution in [0.25, 0.3) is 0 Å². The van der Waals surface area contributed by atoms with Crippen molar-refractivity contribution in [3.05, 3.63) is 0 Å². The largest absolute Gasteiger partial charge is 0.371 e. The van der Waals surface area contributed by atoms with Crippen molar-refractivity contribution in [2.24, 2.45) is 5.92 Å². The summed E-state index contributed by atoms with van der Waals surface area (Å²) < 4.78 is 5.20. The minimum atomic E-state index is -0.517. The van der Waals surface area contributed by atoms with E-state index in [0.717, 1.165) is 19.1 Å². The fourth-order valence-electron chi connectivity index (χ4n) is 1.81. The molecule has 0 amide bonds. The summed E-state index contributed by atoms with van der Waals surface area (Å²) in [6, 6.07) is 0. The van der Waals surface area contributed by atoms with Crippen molar-refractivity contribution in [1.82, 2.24) is 0 Å². The van der Waals surface area contributed by atoms with Gasteiger partial charge >= 0.3 is 0 Å². The van der Waals surface area contributed by atoms with Gasteiger partial charge in [0.25, 0.3) is 0 Å². The first-order chi connectivity index (χ1) is 5.23. The van der Waals surface area contributed by atoms with Crippen LogP contribution in [0.4, 0.5) is 0 Å². The Kier molecular flexibility index (Phi) is 2.66. The average Bonchev–Trinajstić information content (AvgIpc) is 2.55. The van der Waals surface area contributed by atoms with Crippen LogP contribution in [-0.4, -0.2) is 19.0 Å². The Morgan fingerprint density at radius 1 is 1.45 bits per heavy atom. The van der Waals surface area contributed by atoms with E-state index in [4.69, 9.17) is 4.74 Å². The highest BCUT2D eigenvalue weighted by molar-refractivity contribution is 5.62. The zero-order valence-electron chi connectivity index (χ0n) is 7.30. The summed E-state index contributed by atoms with van der Waals surface area (Å²) >= 11 is 0. The van der Waals surface area contributed by atoms with Gasteiger partial charge in [0.05, 0.1) is 0 Å². The lowest BCUT2D eigenvalue weighted by Gasteiger charge is -2.27. The molecule has 0 radical (unpaired) electrons. The summed E-state index contributed by atoms with van der Waals surface area (Å²) in [5.74, 6) is 0.449. The summed E-state index contributed by atoms with van der Waals surface area (Å²) in [6.45, 7) is 1.88. The summed E-state index contributed by atoms with van der Waals surface area (Å²) in [7, 11) is 1.62. The topological polar surface area (TPSA) is 26.3 Å². The number of aldehydes is 1. The third-order valence-electron chi connectivity index (χ3n) is 2.84. The third-order valence-corrected chi connectivity index (χ3v) is 2.84. The van der Waals surface area contributed by atoms with E-state index < -0.39 is 5.60 Å². The maximum absolute atomic E-state index is 10.7. The first-order valence-electron chi connectivity index (χ1n) is 4.24. The number of methoxy groups -OCH3 is 1. The molecule has 1 atom stereocenters. The quantitative estimate of drug-likeness (QED) is 0.582. The van der Waals surface area contributed by atoms with Crippen LogP contribution < -0.4 is 0 Å². The molecule has 0 N–H and O–H groups in total. The van der Waals surface area contributed by atoms with Gasteiger partial charge in [-0.25, -0.2) is 0 Å². The summed E-state index contributed by atoms with van der Waals surface area (Å²) in [4.78, 5) is 10.7. The zero-order chi connectivity index (χ0) is 8.32. The highest BCUT2D eigenvalue weighted by Gasteiger charge is 2.35. The second kappa shape index (κ2) is 3.35. The van der Waals surface area contributed by atoms with E-state index in [1.807, 2.05) is 6.92 Å². The standard InChI is InChI=1S/C9H16O2/c1-9(7-10,11-2)8-5-3-4-6-8/h7-8H,3-6H2,1-2H3. The number of hydrogen-bond donors (Lipinski definition) is 0. The normalized spacial score (nSPS) is 24.9.